The molecule has 2 aromatic carbocycles. The summed E-state index contributed by atoms with van der Waals surface area (Å²) in [5, 5.41) is 12.1. The Hall–Kier alpha value is -2.79. The van der Waals surface area contributed by atoms with Crippen LogP contribution in [0.2, 0.25) is 5.02 Å². The summed E-state index contributed by atoms with van der Waals surface area (Å²) in [5.41, 5.74) is 1.29. The molecule has 6 heteroatoms. The number of benzene rings is 2. The number of hydrogen-bond acceptors (Lipinski definition) is 5. The molecule has 0 aliphatic carbocycles. The zero-order valence-corrected chi connectivity index (χ0v) is 14.1. The van der Waals surface area contributed by atoms with Crippen LogP contribution in [0.3, 0.4) is 0 Å². The van der Waals surface area contributed by atoms with Gasteiger partial charge in [0.2, 0.25) is 0 Å². The van der Waals surface area contributed by atoms with Crippen molar-refractivity contribution in [2.75, 3.05) is 0 Å². The molecule has 25 heavy (non-hydrogen) atoms. The number of carbonyl (C=O) groups excluding carboxylic acids is 1. The van der Waals surface area contributed by atoms with Crippen LogP contribution in [-0.2, 0) is 17.8 Å². The predicted octanol–water partition coefficient (Wildman–Crippen LogP) is 2.63. The Balaban J connectivity index is 1.88. The first-order chi connectivity index (χ1) is 11.9. The van der Waals surface area contributed by atoms with Crippen LogP contribution >= 0.6 is 11.6 Å². The number of fused-ring (bicyclic) bond motifs is 1. The summed E-state index contributed by atoms with van der Waals surface area (Å²) < 4.78 is 10.9. The van der Waals surface area contributed by atoms with Crippen molar-refractivity contribution in [1.82, 2.24) is 0 Å². The third kappa shape index (κ3) is 3.83. The van der Waals surface area contributed by atoms with E-state index in [-0.39, 0.29) is 5.56 Å². The topological polar surface area (TPSA) is 79.6 Å². The standard InChI is InChI=1S/C19H15ClO5/c1-11-15-7-6-14(24-10-12-2-4-13(20)5-3-12)8-17(15)25-19(23)16(11)9-18(21)22/h2-8H,9-10H2,1H3,(H,21,22)/p-1. The van der Waals surface area contributed by atoms with Gasteiger partial charge in [0.15, 0.2) is 0 Å². The minimum atomic E-state index is -1.32. The number of carboxylic acids is 1. The Morgan fingerprint density at radius 1 is 1.20 bits per heavy atom. The van der Waals surface area contributed by atoms with Crippen LogP contribution in [0.4, 0.5) is 0 Å². The number of hydrogen-bond donors (Lipinski definition) is 0. The van der Waals surface area contributed by atoms with E-state index in [2.05, 4.69) is 0 Å². The van der Waals surface area contributed by atoms with E-state index in [4.69, 9.17) is 20.8 Å². The molecular formula is C19H14ClO5-. The first-order valence-electron chi connectivity index (χ1n) is 7.57. The highest BCUT2D eigenvalue weighted by Gasteiger charge is 2.12. The number of carbonyl (C=O) groups is 1. The zero-order valence-electron chi connectivity index (χ0n) is 13.4. The first kappa shape index (κ1) is 17.0. The molecule has 5 nitrogen and oxygen atoms in total. The molecule has 0 fully saturated rings. The van der Waals surface area contributed by atoms with Crippen LogP contribution in [0.15, 0.2) is 51.7 Å². The molecule has 0 spiro atoms. The Morgan fingerprint density at radius 3 is 2.60 bits per heavy atom. The molecule has 1 aromatic heterocycles. The monoisotopic (exact) mass is 357 g/mol. The number of halogens is 1. The van der Waals surface area contributed by atoms with Crippen LogP contribution in [0.5, 0.6) is 5.75 Å². The van der Waals surface area contributed by atoms with Crippen molar-refractivity contribution in [3.05, 3.63) is 74.6 Å². The van der Waals surface area contributed by atoms with Gasteiger partial charge in [-0.1, -0.05) is 23.7 Å². The van der Waals surface area contributed by atoms with E-state index < -0.39 is 18.0 Å². The van der Waals surface area contributed by atoms with E-state index in [1.165, 1.54) is 0 Å². The molecule has 3 aromatic rings. The van der Waals surface area contributed by atoms with Crippen molar-refractivity contribution in [2.45, 2.75) is 20.0 Å². The smallest absolute Gasteiger partial charge is 0.340 e. The quantitative estimate of drug-likeness (QED) is 0.656. The van der Waals surface area contributed by atoms with E-state index in [9.17, 15) is 14.7 Å². The minimum absolute atomic E-state index is 0.0994. The first-order valence-corrected chi connectivity index (χ1v) is 7.95. The highest BCUT2D eigenvalue weighted by atomic mass is 35.5. The molecular weight excluding hydrogens is 344 g/mol. The summed E-state index contributed by atoms with van der Waals surface area (Å²) in [6.45, 7) is 2.03. The fraction of sp³-hybridized carbons (Fsp3) is 0.158. The second kappa shape index (κ2) is 6.99. The molecule has 0 saturated heterocycles. The van der Waals surface area contributed by atoms with E-state index in [0.717, 1.165) is 5.56 Å². The number of aliphatic carboxylic acids is 1. The average Bonchev–Trinajstić information content (AvgIpc) is 2.57. The molecule has 3 rings (SSSR count). The van der Waals surface area contributed by atoms with Crippen molar-refractivity contribution in [1.29, 1.82) is 0 Å². The summed E-state index contributed by atoms with van der Waals surface area (Å²) in [5.74, 6) is -0.782. The molecule has 0 bridgehead atoms. The van der Waals surface area contributed by atoms with Crippen LogP contribution in [-0.4, -0.2) is 5.97 Å². The largest absolute Gasteiger partial charge is 0.550 e. The van der Waals surface area contributed by atoms with E-state index in [0.29, 0.717) is 33.9 Å². The molecule has 0 unspecified atom stereocenters. The van der Waals surface area contributed by atoms with Crippen molar-refractivity contribution in [3.63, 3.8) is 0 Å². The lowest BCUT2D eigenvalue weighted by molar-refractivity contribution is -0.304. The third-order valence-electron chi connectivity index (χ3n) is 3.90. The fourth-order valence-electron chi connectivity index (χ4n) is 2.56. The minimum Gasteiger partial charge on any atom is -0.550 e. The van der Waals surface area contributed by atoms with Gasteiger partial charge >= 0.3 is 5.63 Å². The lowest BCUT2D eigenvalue weighted by Crippen LogP contribution is -2.27. The van der Waals surface area contributed by atoms with Gasteiger partial charge < -0.3 is 19.1 Å². The molecule has 128 valence electrons. The number of aryl methyl sites for hydroxylation is 1. The van der Waals surface area contributed by atoms with Crippen LogP contribution in [0, 0.1) is 6.92 Å². The highest BCUT2D eigenvalue weighted by Crippen LogP contribution is 2.25. The molecule has 0 aliphatic heterocycles. The Morgan fingerprint density at radius 2 is 1.92 bits per heavy atom. The van der Waals surface area contributed by atoms with Gasteiger partial charge in [-0.2, -0.15) is 0 Å². The second-order valence-electron chi connectivity index (χ2n) is 5.61. The molecule has 0 atom stereocenters. The second-order valence-corrected chi connectivity index (χ2v) is 6.05. The van der Waals surface area contributed by atoms with E-state index in [1.807, 2.05) is 12.1 Å². The fourth-order valence-corrected chi connectivity index (χ4v) is 2.69. The van der Waals surface area contributed by atoms with Gasteiger partial charge in [-0.25, -0.2) is 4.79 Å². The van der Waals surface area contributed by atoms with Gasteiger partial charge in [0.1, 0.15) is 17.9 Å². The number of rotatable bonds is 5. The van der Waals surface area contributed by atoms with E-state index >= 15 is 0 Å². The molecule has 0 aliphatic rings. The highest BCUT2D eigenvalue weighted by molar-refractivity contribution is 6.30. The number of carboxylic acid groups (broad SMARTS) is 1. The summed E-state index contributed by atoms with van der Waals surface area (Å²) in [6, 6.07) is 12.4. The van der Waals surface area contributed by atoms with Crippen molar-refractivity contribution >= 4 is 28.5 Å². The third-order valence-corrected chi connectivity index (χ3v) is 4.15. The van der Waals surface area contributed by atoms with Crippen LogP contribution in [0.25, 0.3) is 11.0 Å². The van der Waals surface area contributed by atoms with Gasteiger partial charge in [-0.15, -0.1) is 0 Å². The predicted molar refractivity (Wildman–Crippen MR) is 91.7 cm³/mol. The molecule has 0 N–H and O–H groups in total. The molecule has 0 radical (unpaired) electrons. The van der Waals surface area contributed by atoms with Crippen LogP contribution in [0.1, 0.15) is 16.7 Å². The zero-order chi connectivity index (χ0) is 18.0. The summed E-state index contributed by atoms with van der Waals surface area (Å²) in [7, 11) is 0. The van der Waals surface area contributed by atoms with Crippen molar-refractivity contribution < 1.29 is 19.1 Å². The van der Waals surface area contributed by atoms with Gasteiger partial charge in [-0.05, 0) is 42.3 Å². The van der Waals surface area contributed by atoms with Crippen molar-refractivity contribution in [2.24, 2.45) is 0 Å². The SMILES string of the molecule is Cc1c(CC(=O)[O-])c(=O)oc2cc(OCc3ccc(Cl)cc3)ccc12. The van der Waals surface area contributed by atoms with Gasteiger partial charge in [-0.3, -0.25) is 0 Å². The van der Waals surface area contributed by atoms with Crippen molar-refractivity contribution in [3.8, 4) is 5.75 Å². The summed E-state index contributed by atoms with van der Waals surface area (Å²) in [6.07, 6.45) is -0.473. The normalized spacial score (nSPS) is 10.8. The Bertz CT molecular complexity index is 989. The average molecular weight is 358 g/mol. The maximum atomic E-state index is 12.0. The lowest BCUT2D eigenvalue weighted by atomic mass is 10.0. The summed E-state index contributed by atoms with van der Waals surface area (Å²) >= 11 is 5.84. The van der Waals surface area contributed by atoms with Gasteiger partial charge in [0.25, 0.3) is 0 Å². The number of ether oxygens (including phenoxy) is 1. The lowest BCUT2D eigenvalue weighted by Gasteiger charge is -2.10. The Labute approximate surface area is 148 Å². The Kier molecular flexibility index (Phi) is 4.76. The van der Waals surface area contributed by atoms with E-state index in [1.54, 1.807) is 37.3 Å². The maximum Gasteiger partial charge on any atom is 0.340 e. The molecule has 0 saturated carbocycles. The van der Waals surface area contributed by atoms with Crippen LogP contribution < -0.4 is 15.5 Å². The van der Waals surface area contributed by atoms with Gasteiger partial charge in [0, 0.05) is 34.4 Å². The summed E-state index contributed by atoms with van der Waals surface area (Å²) in [4.78, 5) is 22.8. The molecule has 0 amide bonds. The molecule has 1 heterocycles. The maximum absolute atomic E-state index is 12.0. The van der Waals surface area contributed by atoms with Gasteiger partial charge in [0.05, 0.1) is 0 Å².